The van der Waals surface area contributed by atoms with E-state index >= 15 is 0 Å². The Morgan fingerprint density at radius 1 is 1.29 bits per heavy atom. The van der Waals surface area contributed by atoms with Crippen molar-refractivity contribution in [3.63, 3.8) is 0 Å². The molecule has 0 radical (unpaired) electrons. The van der Waals surface area contributed by atoms with Crippen molar-refractivity contribution in [1.82, 2.24) is 4.98 Å². The van der Waals surface area contributed by atoms with Gasteiger partial charge in [0.25, 0.3) is 0 Å². The van der Waals surface area contributed by atoms with Crippen LogP contribution in [0.4, 0.5) is 19.0 Å². The number of aromatic nitrogens is 1. The van der Waals surface area contributed by atoms with Crippen LogP contribution in [0.25, 0.3) is 0 Å². The number of anilines is 1. The summed E-state index contributed by atoms with van der Waals surface area (Å²) in [4.78, 5) is 4.07. The van der Waals surface area contributed by atoms with Gasteiger partial charge in [-0.15, -0.1) is 0 Å². The molecule has 1 aromatic rings. The first kappa shape index (κ1) is 17.6. The van der Waals surface area contributed by atoms with Gasteiger partial charge in [0, 0.05) is 12.6 Å². The highest BCUT2D eigenvalue weighted by Gasteiger charge is 2.32. The van der Waals surface area contributed by atoms with E-state index in [0.29, 0.717) is 19.1 Å². The largest absolute Gasteiger partial charge is 0.478 e. The highest BCUT2D eigenvalue weighted by atomic mass is 19.4. The van der Waals surface area contributed by atoms with Crippen LogP contribution in [0.1, 0.15) is 45.6 Å². The highest BCUT2D eigenvalue weighted by molar-refractivity contribution is 5.42. The summed E-state index contributed by atoms with van der Waals surface area (Å²) in [5.74, 6) is 0.766. The number of nitrogens with one attached hydrogen (secondary N) is 1. The zero-order chi connectivity index (χ0) is 15.9. The maximum absolute atomic E-state index is 12.9. The van der Waals surface area contributed by atoms with E-state index in [2.05, 4.69) is 24.1 Å². The van der Waals surface area contributed by atoms with Gasteiger partial charge in [0.2, 0.25) is 5.88 Å². The number of pyridine rings is 1. The van der Waals surface area contributed by atoms with Gasteiger partial charge in [-0.2, -0.15) is 18.2 Å². The second kappa shape index (κ2) is 8.10. The predicted octanol–water partition coefficient (Wildman–Crippen LogP) is 4.74. The summed E-state index contributed by atoms with van der Waals surface area (Å²) in [5.41, 5.74) is -0.741. The third-order valence-corrected chi connectivity index (χ3v) is 2.86. The molecule has 1 heterocycles. The molecule has 3 nitrogen and oxygen atoms in total. The highest BCUT2D eigenvalue weighted by Crippen LogP contribution is 2.32. The standard InChI is InChI=1S/C15H23F3N2O/c1-4-7-19-13-9-12(15(16,17)18)10-14(20-13)21-8-5-6-11(2)3/h9-11H,4-8H2,1-3H3,(H,19,20). The van der Waals surface area contributed by atoms with Gasteiger partial charge in [-0.3, -0.25) is 0 Å². The second-order valence-electron chi connectivity index (χ2n) is 5.39. The summed E-state index contributed by atoms with van der Waals surface area (Å²) < 4.78 is 43.9. The zero-order valence-electron chi connectivity index (χ0n) is 12.8. The molecule has 1 aromatic heterocycles. The molecule has 0 bridgehead atoms. The summed E-state index contributed by atoms with van der Waals surface area (Å²) in [7, 11) is 0. The monoisotopic (exact) mass is 304 g/mol. The summed E-state index contributed by atoms with van der Waals surface area (Å²) in [6.07, 6.45) is -1.82. The molecule has 0 aliphatic carbocycles. The normalized spacial score (nSPS) is 11.8. The summed E-state index contributed by atoms with van der Waals surface area (Å²) in [5, 5.41) is 2.86. The predicted molar refractivity (Wildman–Crippen MR) is 77.6 cm³/mol. The van der Waals surface area contributed by atoms with Gasteiger partial charge in [-0.05, 0) is 31.2 Å². The van der Waals surface area contributed by atoms with E-state index in [9.17, 15) is 13.2 Å². The Morgan fingerprint density at radius 3 is 2.57 bits per heavy atom. The lowest BCUT2D eigenvalue weighted by Gasteiger charge is -2.13. The third kappa shape index (κ3) is 6.69. The molecule has 0 aliphatic heterocycles. The minimum absolute atomic E-state index is 0.0205. The van der Waals surface area contributed by atoms with E-state index in [1.54, 1.807) is 0 Å². The average Bonchev–Trinajstić information content (AvgIpc) is 2.40. The molecule has 0 atom stereocenters. The molecule has 0 fully saturated rings. The molecule has 0 aliphatic rings. The molecule has 0 aromatic carbocycles. The van der Waals surface area contributed by atoms with Crippen LogP contribution in [0.5, 0.6) is 5.88 Å². The minimum atomic E-state index is -4.40. The quantitative estimate of drug-likeness (QED) is 0.705. The number of ether oxygens (including phenoxy) is 1. The number of nitrogens with zero attached hydrogens (tertiary/aromatic N) is 1. The van der Waals surface area contributed by atoms with E-state index < -0.39 is 11.7 Å². The summed E-state index contributed by atoms with van der Waals surface area (Å²) in [6, 6.07) is 1.96. The van der Waals surface area contributed by atoms with Crippen LogP contribution in [-0.2, 0) is 6.18 Å². The molecule has 6 heteroatoms. The molecule has 0 saturated heterocycles. The van der Waals surface area contributed by atoms with Crippen LogP contribution in [0, 0.1) is 5.92 Å². The van der Waals surface area contributed by atoms with Gasteiger partial charge >= 0.3 is 6.18 Å². The molecule has 1 N–H and O–H groups in total. The molecular formula is C15H23F3N2O. The second-order valence-corrected chi connectivity index (χ2v) is 5.39. The number of alkyl halides is 3. The van der Waals surface area contributed by atoms with Crippen LogP contribution in [-0.4, -0.2) is 18.1 Å². The van der Waals surface area contributed by atoms with Crippen LogP contribution in [0.2, 0.25) is 0 Å². The van der Waals surface area contributed by atoms with Gasteiger partial charge in [0.15, 0.2) is 0 Å². The Hall–Kier alpha value is -1.46. The molecule has 0 unspecified atom stereocenters. The maximum atomic E-state index is 12.9. The van der Waals surface area contributed by atoms with E-state index in [0.717, 1.165) is 31.4 Å². The molecule has 0 saturated carbocycles. The smallest absolute Gasteiger partial charge is 0.416 e. The van der Waals surface area contributed by atoms with Crippen molar-refractivity contribution in [2.45, 2.75) is 46.2 Å². The number of halogens is 3. The van der Waals surface area contributed by atoms with Crippen LogP contribution >= 0.6 is 0 Å². The van der Waals surface area contributed by atoms with Crippen molar-refractivity contribution in [2.75, 3.05) is 18.5 Å². The molecular weight excluding hydrogens is 281 g/mol. The Morgan fingerprint density at radius 2 is 2.00 bits per heavy atom. The van der Waals surface area contributed by atoms with Gasteiger partial charge in [-0.25, -0.2) is 0 Å². The fourth-order valence-electron chi connectivity index (χ4n) is 1.75. The first-order chi connectivity index (χ1) is 9.82. The third-order valence-electron chi connectivity index (χ3n) is 2.86. The summed E-state index contributed by atoms with van der Waals surface area (Å²) in [6.45, 7) is 7.06. The van der Waals surface area contributed by atoms with Gasteiger partial charge in [-0.1, -0.05) is 20.8 Å². The van der Waals surface area contributed by atoms with Crippen LogP contribution in [0.15, 0.2) is 12.1 Å². The Kier molecular flexibility index (Phi) is 6.78. The number of hydrogen-bond donors (Lipinski definition) is 1. The Balaban J connectivity index is 2.76. The first-order valence-electron chi connectivity index (χ1n) is 7.29. The lowest BCUT2D eigenvalue weighted by molar-refractivity contribution is -0.137. The van der Waals surface area contributed by atoms with E-state index in [-0.39, 0.29) is 11.7 Å². The Labute approximate surface area is 123 Å². The van der Waals surface area contributed by atoms with Crippen molar-refractivity contribution >= 4 is 5.82 Å². The van der Waals surface area contributed by atoms with Gasteiger partial charge < -0.3 is 10.1 Å². The van der Waals surface area contributed by atoms with Crippen molar-refractivity contribution in [2.24, 2.45) is 5.92 Å². The molecule has 120 valence electrons. The molecule has 0 amide bonds. The Bertz CT molecular complexity index is 433. The fraction of sp³-hybridized carbons (Fsp3) is 0.667. The van der Waals surface area contributed by atoms with Crippen LogP contribution < -0.4 is 10.1 Å². The summed E-state index contributed by atoms with van der Waals surface area (Å²) >= 11 is 0. The lowest BCUT2D eigenvalue weighted by atomic mass is 10.1. The van der Waals surface area contributed by atoms with Gasteiger partial charge in [0.05, 0.1) is 12.2 Å². The first-order valence-corrected chi connectivity index (χ1v) is 7.29. The van der Waals surface area contributed by atoms with E-state index in [1.807, 2.05) is 6.92 Å². The molecule has 1 rings (SSSR count). The SMILES string of the molecule is CCCNc1cc(C(F)(F)F)cc(OCCCC(C)C)n1. The van der Waals surface area contributed by atoms with E-state index in [1.165, 1.54) is 0 Å². The van der Waals surface area contributed by atoms with Gasteiger partial charge in [0.1, 0.15) is 5.82 Å². The average molecular weight is 304 g/mol. The van der Waals surface area contributed by atoms with Crippen molar-refractivity contribution < 1.29 is 17.9 Å². The van der Waals surface area contributed by atoms with Crippen molar-refractivity contribution in [1.29, 1.82) is 0 Å². The number of hydrogen-bond acceptors (Lipinski definition) is 3. The van der Waals surface area contributed by atoms with Crippen LogP contribution in [0.3, 0.4) is 0 Å². The zero-order valence-corrected chi connectivity index (χ0v) is 12.8. The number of rotatable bonds is 8. The van der Waals surface area contributed by atoms with E-state index in [4.69, 9.17) is 4.74 Å². The minimum Gasteiger partial charge on any atom is -0.478 e. The van der Waals surface area contributed by atoms with Crippen molar-refractivity contribution in [3.8, 4) is 5.88 Å². The fourth-order valence-corrected chi connectivity index (χ4v) is 1.75. The topological polar surface area (TPSA) is 34.1 Å². The maximum Gasteiger partial charge on any atom is 0.416 e. The molecule has 21 heavy (non-hydrogen) atoms. The molecule has 0 spiro atoms. The lowest BCUT2D eigenvalue weighted by Crippen LogP contribution is -2.10. The van der Waals surface area contributed by atoms with Crippen molar-refractivity contribution in [3.05, 3.63) is 17.7 Å².